The van der Waals surface area contributed by atoms with Crippen LogP contribution in [-0.4, -0.2) is 33.7 Å². The second-order valence-electron chi connectivity index (χ2n) is 6.02. The summed E-state index contributed by atoms with van der Waals surface area (Å²) in [6.45, 7) is 0.728. The maximum absolute atomic E-state index is 12.6. The molecule has 0 aliphatic carbocycles. The van der Waals surface area contributed by atoms with Gasteiger partial charge >= 0.3 is 0 Å². The zero-order valence-corrected chi connectivity index (χ0v) is 13.1. The lowest BCUT2D eigenvalue weighted by Gasteiger charge is -2.31. The van der Waals surface area contributed by atoms with Crippen LogP contribution in [0.15, 0.2) is 39.7 Å². The van der Waals surface area contributed by atoms with E-state index in [1.54, 1.807) is 24.5 Å². The van der Waals surface area contributed by atoms with Crippen molar-refractivity contribution in [1.29, 1.82) is 0 Å². The molecule has 6 nitrogen and oxygen atoms in total. The molecule has 23 heavy (non-hydrogen) atoms. The highest BCUT2D eigenvalue weighted by molar-refractivity contribution is 5.78. The topological polar surface area (TPSA) is 79.7 Å². The van der Waals surface area contributed by atoms with Crippen LogP contribution in [0.25, 0.3) is 0 Å². The average Bonchev–Trinajstić information content (AvgIpc) is 3.19. The number of rotatable bonds is 5. The lowest BCUT2D eigenvalue weighted by Crippen LogP contribution is -2.41. The molecule has 1 N–H and O–H groups in total. The molecule has 0 aromatic carbocycles. The van der Waals surface area contributed by atoms with Crippen molar-refractivity contribution in [3.63, 3.8) is 0 Å². The van der Waals surface area contributed by atoms with Crippen molar-refractivity contribution < 1.29 is 18.8 Å². The number of carbonyl (C=O) groups is 1. The second-order valence-corrected chi connectivity index (χ2v) is 6.02. The molecule has 0 radical (unpaired) electrons. The third-order valence-electron chi connectivity index (χ3n) is 4.39. The molecule has 0 unspecified atom stereocenters. The Balaban J connectivity index is 1.68. The van der Waals surface area contributed by atoms with E-state index in [0.717, 1.165) is 32.2 Å². The Morgan fingerprint density at radius 3 is 3.00 bits per heavy atom. The van der Waals surface area contributed by atoms with Crippen molar-refractivity contribution in [2.45, 2.75) is 50.7 Å². The lowest BCUT2D eigenvalue weighted by molar-refractivity contribution is -0.133. The molecule has 0 bridgehead atoms. The number of likely N-dealkylation sites (tertiary alicyclic amines) is 1. The van der Waals surface area contributed by atoms with E-state index in [-0.39, 0.29) is 18.4 Å². The smallest absolute Gasteiger partial charge is 0.228 e. The number of hydrogen-bond donors (Lipinski definition) is 1. The van der Waals surface area contributed by atoms with Crippen LogP contribution in [-0.2, 0) is 11.2 Å². The summed E-state index contributed by atoms with van der Waals surface area (Å²) in [5.41, 5.74) is 0.643. The van der Waals surface area contributed by atoms with Crippen molar-refractivity contribution in [1.82, 2.24) is 10.1 Å². The third kappa shape index (κ3) is 4.01. The maximum Gasteiger partial charge on any atom is 0.228 e. The second kappa shape index (κ2) is 7.46. The number of furan rings is 1. The molecule has 6 heteroatoms. The lowest BCUT2D eigenvalue weighted by atomic mass is 10.0. The number of hydrogen-bond acceptors (Lipinski definition) is 5. The fourth-order valence-electron chi connectivity index (χ4n) is 3.19. The van der Waals surface area contributed by atoms with Gasteiger partial charge in [0.05, 0.1) is 18.4 Å². The minimum atomic E-state index is -0.685. The molecule has 3 heterocycles. The monoisotopic (exact) mass is 318 g/mol. The molecule has 124 valence electrons. The molecular formula is C17H22N2O4. The van der Waals surface area contributed by atoms with Gasteiger partial charge in [-0.15, -0.1) is 0 Å². The summed E-state index contributed by atoms with van der Waals surface area (Å²) >= 11 is 0. The first-order valence-electron chi connectivity index (χ1n) is 8.14. The molecule has 2 aromatic rings. The molecule has 1 saturated heterocycles. The van der Waals surface area contributed by atoms with Crippen molar-refractivity contribution in [2.75, 3.05) is 6.54 Å². The summed E-state index contributed by atoms with van der Waals surface area (Å²) in [4.78, 5) is 14.5. The van der Waals surface area contributed by atoms with Crippen molar-refractivity contribution in [3.05, 3.63) is 42.2 Å². The summed E-state index contributed by atoms with van der Waals surface area (Å²) in [6.07, 6.45) is 7.17. The molecule has 0 spiro atoms. The van der Waals surface area contributed by atoms with Gasteiger partial charge in [0, 0.05) is 25.1 Å². The van der Waals surface area contributed by atoms with Gasteiger partial charge < -0.3 is 18.9 Å². The highest BCUT2D eigenvalue weighted by Crippen LogP contribution is 2.27. The van der Waals surface area contributed by atoms with Crippen LogP contribution < -0.4 is 0 Å². The molecule has 1 aliphatic rings. The minimum absolute atomic E-state index is 0.0250. The minimum Gasteiger partial charge on any atom is -0.467 e. The summed E-state index contributed by atoms with van der Waals surface area (Å²) in [6, 6.07) is 5.27. The van der Waals surface area contributed by atoms with Gasteiger partial charge in [-0.1, -0.05) is 18.0 Å². The number of amides is 1. The Bertz CT molecular complexity index is 594. The molecule has 1 aliphatic heterocycles. The Labute approximate surface area is 135 Å². The van der Waals surface area contributed by atoms with Crippen LogP contribution in [0.3, 0.4) is 0 Å². The van der Waals surface area contributed by atoms with Gasteiger partial charge in [0.1, 0.15) is 18.1 Å². The van der Waals surface area contributed by atoms with E-state index < -0.39 is 6.10 Å². The van der Waals surface area contributed by atoms with E-state index in [0.29, 0.717) is 17.9 Å². The zero-order valence-electron chi connectivity index (χ0n) is 13.1. The highest BCUT2D eigenvalue weighted by Gasteiger charge is 2.28. The standard InChI is InChI=1S/C17H22N2O4/c20-15(16-6-4-9-22-16)12-14-5-2-1-3-8-19(14)17(21)11-13-7-10-23-18-13/h4,6-7,9-10,14-15,20H,1-3,5,8,11-12H2/t14-,15-/m1/s1. The fourth-order valence-corrected chi connectivity index (χ4v) is 3.19. The van der Waals surface area contributed by atoms with Crippen LogP contribution in [0.5, 0.6) is 0 Å². The van der Waals surface area contributed by atoms with E-state index in [9.17, 15) is 9.90 Å². The number of aliphatic hydroxyl groups excluding tert-OH is 1. The third-order valence-corrected chi connectivity index (χ3v) is 4.39. The van der Waals surface area contributed by atoms with Crippen molar-refractivity contribution in [3.8, 4) is 0 Å². The number of aromatic nitrogens is 1. The van der Waals surface area contributed by atoms with E-state index in [1.807, 2.05) is 4.90 Å². The molecule has 1 fully saturated rings. The maximum atomic E-state index is 12.6. The Kier molecular flexibility index (Phi) is 5.12. The fraction of sp³-hybridized carbons (Fsp3) is 0.529. The summed E-state index contributed by atoms with van der Waals surface area (Å²) < 4.78 is 10.1. The van der Waals surface area contributed by atoms with E-state index >= 15 is 0 Å². The number of carbonyl (C=O) groups excluding carboxylic acids is 1. The van der Waals surface area contributed by atoms with E-state index in [1.165, 1.54) is 6.26 Å². The summed E-state index contributed by atoms with van der Waals surface area (Å²) in [5, 5.41) is 14.2. The first-order valence-corrected chi connectivity index (χ1v) is 8.14. The molecule has 3 rings (SSSR count). The molecule has 2 aromatic heterocycles. The van der Waals surface area contributed by atoms with Crippen LogP contribution in [0, 0.1) is 0 Å². The largest absolute Gasteiger partial charge is 0.467 e. The molecule has 0 saturated carbocycles. The number of nitrogens with zero attached hydrogens (tertiary/aromatic N) is 2. The van der Waals surface area contributed by atoms with Crippen molar-refractivity contribution >= 4 is 5.91 Å². The van der Waals surface area contributed by atoms with Gasteiger partial charge in [0.25, 0.3) is 0 Å². The van der Waals surface area contributed by atoms with Crippen LogP contribution in [0.2, 0.25) is 0 Å². The van der Waals surface area contributed by atoms with Gasteiger partial charge in [0.15, 0.2) is 0 Å². The molecule has 2 atom stereocenters. The zero-order chi connectivity index (χ0) is 16.1. The predicted octanol–water partition coefficient (Wildman–Crippen LogP) is 2.71. The van der Waals surface area contributed by atoms with Crippen LogP contribution in [0.1, 0.15) is 49.7 Å². The first kappa shape index (κ1) is 15.8. The van der Waals surface area contributed by atoms with E-state index in [2.05, 4.69) is 5.16 Å². The molecule has 1 amide bonds. The van der Waals surface area contributed by atoms with Gasteiger partial charge in [-0.2, -0.15) is 0 Å². The highest BCUT2D eigenvalue weighted by atomic mass is 16.5. The molecular weight excluding hydrogens is 296 g/mol. The Morgan fingerprint density at radius 2 is 2.26 bits per heavy atom. The quantitative estimate of drug-likeness (QED) is 0.917. The van der Waals surface area contributed by atoms with Crippen molar-refractivity contribution in [2.24, 2.45) is 0 Å². The van der Waals surface area contributed by atoms with Gasteiger partial charge in [0.2, 0.25) is 5.91 Å². The summed E-state index contributed by atoms with van der Waals surface area (Å²) in [7, 11) is 0. The Morgan fingerprint density at radius 1 is 1.35 bits per heavy atom. The SMILES string of the molecule is O=C(Cc1ccon1)N1CCCCC[C@@H]1C[C@@H](O)c1ccco1. The number of aliphatic hydroxyl groups is 1. The van der Waals surface area contributed by atoms with Crippen LogP contribution >= 0.6 is 0 Å². The Hall–Kier alpha value is -2.08. The first-order chi connectivity index (χ1) is 11.2. The van der Waals surface area contributed by atoms with E-state index in [4.69, 9.17) is 8.94 Å². The average molecular weight is 318 g/mol. The van der Waals surface area contributed by atoms with Gasteiger partial charge in [-0.3, -0.25) is 4.79 Å². The predicted molar refractivity (Wildman–Crippen MR) is 82.5 cm³/mol. The van der Waals surface area contributed by atoms with Gasteiger partial charge in [-0.05, 0) is 25.0 Å². The van der Waals surface area contributed by atoms with Crippen LogP contribution in [0.4, 0.5) is 0 Å². The normalized spacial score (nSPS) is 20.2. The summed E-state index contributed by atoms with van der Waals surface area (Å²) in [5.74, 6) is 0.593. The van der Waals surface area contributed by atoms with Gasteiger partial charge in [-0.25, -0.2) is 0 Å².